The standard InChI is InChI=1S/C24H50O2Si/c1-4-5-22-27-26-24(25)21-19-17-15-13-11-9-7-6-8-10-12-14-16-18-20-23(2)3/h23H,4-22,27H2,1-3H3. The molecule has 0 saturated heterocycles. The minimum Gasteiger partial charge on any atom is -0.525 e. The third kappa shape index (κ3) is 23.6. The van der Waals surface area contributed by atoms with Gasteiger partial charge in [0.1, 0.15) is 0 Å². The summed E-state index contributed by atoms with van der Waals surface area (Å²) < 4.78 is 5.37. The van der Waals surface area contributed by atoms with Gasteiger partial charge in [0.05, 0.1) is 0 Å². The number of hydrogen-bond acceptors (Lipinski definition) is 2. The molecule has 0 aromatic rings. The molecule has 27 heavy (non-hydrogen) atoms. The van der Waals surface area contributed by atoms with E-state index in [0.29, 0.717) is 6.42 Å². The largest absolute Gasteiger partial charge is 0.525 e. The van der Waals surface area contributed by atoms with Crippen molar-refractivity contribution in [2.24, 2.45) is 5.92 Å². The Morgan fingerprint density at radius 1 is 0.704 bits per heavy atom. The smallest absolute Gasteiger partial charge is 0.292 e. The fourth-order valence-corrected chi connectivity index (χ4v) is 4.77. The first-order chi connectivity index (χ1) is 13.2. The number of carbonyl (C=O) groups is 1. The molecule has 162 valence electrons. The topological polar surface area (TPSA) is 26.3 Å². The van der Waals surface area contributed by atoms with Crippen LogP contribution in [0.25, 0.3) is 0 Å². The van der Waals surface area contributed by atoms with Crippen molar-refractivity contribution in [3.8, 4) is 0 Å². The Balaban J connectivity index is 3.09. The van der Waals surface area contributed by atoms with Gasteiger partial charge in [-0.3, -0.25) is 4.79 Å². The lowest BCUT2D eigenvalue weighted by molar-refractivity contribution is -0.134. The third-order valence-corrected chi connectivity index (χ3v) is 6.74. The van der Waals surface area contributed by atoms with Gasteiger partial charge in [-0.15, -0.1) is 0 Å². The number of unbranched alkanes of at least 4 members (excludes halogenated alkanes) is 14. The summed E-state index contributed by atoms with van der Waals surface area (Å²) in [7, 11) is -0.566. The van der Waals surface area contributed by atoms with Crippen LogP contribution in [-0.4, -0.2) is 15.7 Å². The monoisotopic (exact) mass is 398 g/mol. The van der Waals surface area contributed by atoms with E-state index in [-0.39, 0.29) is 5.97 Å². The van der Waals surface area contributed by atoms with Crippen LogP contribution in [0.5, 0.6) is 0 Å². The fourth-order valence-electron chi connectivity index (χ4n) is 3.55. The Hall–Kier alpha value is -0.313. The average Bonchev–Trinajstić information content (AvgIpc) is 2.64. The Bertz CT molecular complexity index is 305. The first kappa shape index (κ1) is 26.7. The van der Waals surface area contributed by atoms with E-state index in [2.05, 4.69) is 20.8 Å². The fraction of sp³-hybridized carbons (Fsp3) is 0.958. The maximum atomic E-state index is 11.6. The maximum Gasteiger partial charge on any atom is 0.292 e. The number of carbonyl (C=O) groups excluding carboxylic acids is 1. The van der Waals surface area contributed by atoms with E-state index >= 15 is 0 Å². The minimum absolute atomic E-state index is 0.0673. The Morgan fingerprint density at radius 3 is 1.59 bits per heavy atom. The van der Waals surface area contributed by atoms with Crippen LogP contribution in [0, 0.1) is 5.92 Å². The van der Waals surface area contributed by atoms with Gasteiger partial charge in [0.2, 0.25) is 9.76 Å². The molecule has 0 atom stereocenters. The van der Waals surface area contributed by atoms with Crippen molar-refractivity contribution in [3.05, 3.63) is 0 Å². The van der Waals surface area contributed by atoms with Crippen molar-refractivity contribution in [1.29, 1.82) is 0 Å². The molecule has 0 rings (SSSR count). The van der Waals surface area contributed by atoms with Gasteiger partial charge in [-0.1, -0.05) is 124 Å². The quantitative estimate of drug-likeness (QED) is 0.146. The van der Waals surface area contributed by atoms with E-state index in [0.717, 1.165) is 18.4 Å². The van der Waals surface area contributed by atoms with Gasteiger partial charge in [-0.2, -0.15) is 0 Å². The van der Waals surface area contributed by atoms with Crippen molar-refractivity contribution in [2.45, 2.75) is 142 Å². The van der Waals surface area contributed by atoms with E-state index in [4.69, 9.17) is 4.43 Å². The summed E-state index contributed by atoms with van der Waals surface area (Å²) in [5, 5.41) is 0. The van der Waals surface area contributed by atoms with Crippen LogP contribution in [-0.2, 0) is 9.22 Å². The van der Waals surface area contributed by atoms with Gasteiger partial charge in [0, 0.05) is 6.42 Å². The Labute approximate surface area is 173 Å². The van der Waals surface area contributed by atoms with Gasteiger partial charge in [-0.05, 0) is 18.4 Å². The second kappa shape index (κ2) is 22.0. The van der Waals surface area contributed by atoms with E-state index < -0.39 is 9.76 Å². The zero-order valence-corrected chi connectivity index (χ0v) is 20.5. The van der Waals surface area contributed by atoms with Crippen LogP contribution in [0.4, 0.5) is 0 Å². The van der Waals surface area contributed by atoms with Gasteiger partial charge >= 0.3 is 0 Å². The van der Waals surface area contributed by atoms with Crippen molar-refractivity contribution >= 4 is 15.7 Å². The zero-order valence-electron chi connectivity index (χ0n) is 19.0. The van der Waals surface area contributed by atoms with Crippen LogP contribution < -0.4 is 0 Å². The van der Waals surface area contributed by atoms with Crippen molar-refractivity contribution in [2.75, 3.05) is 0 Å². The zero-order chi connectivity index (χ0) is 20.0. The molecule has 0 saturated carbocycles. The predicted molar refractivity (Wildman–Crippen MR) is 123 cm³/mol. The minimum atomic E-state index is -0.566. The van der Waals surface area contributed by atoms with Gasteiger partial charge in [0.15, 0.2) is 0 Å². The van der Waals surface area contributed by atoms with Crippen LogP contribution in [0.3, 0.4) is 0 Å². The van der Waals surface area contributed by atoms with Crippen molar-refractivity contribution in [1.82, 2.24) is 0 Å². The summed E-state index contributed by atoms with van der Waals surface area (Å²) in [5.41, 5.74) is 0. The summed E-state index contributed by atoms with van der Waals surface area (Å²) in [5.74, 6) is 0.945. The SMILES string of the molecule is CCCC[SiH2]OC(=O)CCCCCCCCCCCCCCCCC(C)C. The Kier molecular flexibility index (Phi) is 21.7. The normalized spacial score (nSPS) is 11.7. The molecule has 3 heteroatoms. The second-order valence-electron chi connectivity index (χ2n) is 8.81. The molecule has 2 nitrogen and oxygen atoms in total. The highest BCUT2D eigenvalue weighted by atomic mass is 28.2. The van der Waals surface area contributed by atoms with Crippen molar-refractivity contribution < 1.29 is 9.22 Å². The molecule has 0 radical (unpaired) electrons. The molecule has 0 spiro atoms. The molecule has 0 aliphatic rings. The lowest BCUT2D eigenvalue weighted by Crippen LogP contribution is -2.07. The van der Waals surface area contributed by atoms with E-state index in [9.17, 15) is 4.79 Å². The van der Waals surface area contributed by atoms with Gasteiger partial charge < -0.3 is 4.43 Å². The summed E-state index contributed by atoms with van der Waals surface area (Å²) in [6.45, 7) is 6.84. The summed E-state index contributed by atoms with van der Waals surface area (Å²) in [4.78, 5) is 11.6. The molecule has 0 N–H and O–H groups in total. The molecule has 0 fully saturated rings. The maximum absolute atomic E-state index is 11.6. The first-order valence-electron chi connectivity index (χ1n) is 12.3. The molecule has 0 bridgehead atoms. The molecule has 0 unspecified atom stereocenters. The number of hydrogen-bond donors (Lipinski definition) is 0. The van der Waals surface area contributed by atoms with E-state index in [1.807, 2.05) is 0 Å². The second-order valence-corrected chi connectivity index (χ2v) is 10.2. The highest BCUT2D eigenvalue weighted by Gasteiger charge is 2.02. The predicted octanol–water partition coefficient (Wildman–Crippen LogP) is 7.73. The molecular formula is C24H50O2Si. The summed E-state index contributed by atoms with van der Waals surface area (Å²) >= 11 is 0. The Morgan fingerprint density at radius 2 is 1.15 bits per heavy atom. The lowest BCUT2D eigenvalue weighted by Gasteiger charge is -2.05. The van der Waals surface area contributed by atoms with Crippen LogP contribution >= 0.6 is 0 Å². The van der Waals surface area contributed by atoms with Crippen LogP contribution in [0.2, 0.25) is 6.04 Å². The molecule has 0 amide bonds. The van der Waals surface area contributed by atoms with E-state index in [1.165, 1.54) is 103 Å². The molecule has 0 aromatic carbocycles. The molecule has 0 aliphatic heterocycles. The first-order valence-corrected chi connectivity index (χ1v) is 13.9. The lowest BCUT2D eigenvalue weighted by atomic mass is 10.0. The van der Waals surface area contributed by atoms with Gasteiger partial charge in [-0.25, -0.2) is 0 Å². The molecular weight excluding hydrogens is 348 g/mol. The third-order valence-electron chi connectivity index (χ3n) is 5.42. The highest BCUT2D eigenvalue weighted by molar-refractivity contribution is 6.30. The van der Waals surface area contributed by atoms with Crippen molar-refractivity contribution in [3.63, 3.8) is 0 Å². The van der Waals surface area contributed by atoms with Crippen LogP contribution in [0.15, 0.2) is 0 Å². The van der Waals surface area contributed by atoms with Crippen LogP contribution in [0.1, 0.15) is 136 Å². The molecule has 0 heterocycles. The summed E-state index contributed by atoms with van der Waals surface area (Å²) in [6.07, 6.45) is 23.6. The average molecular weight is 399 g/mol. The highest BCUT2D eigenvalue weighted by Crippen LogP contribution is 2.14. The molecule has 0 aromatic heterocycles. The van der Waals surface area contributed by atoms with E-state index in [1.54, 1.807) is 0 Å². The molecule has 0 aliphatic carbocycles. The van der Waals surface area contributed by atoms with Gasteiger partial charge in [0.25, 0.3) is 5.97 Å². The number of rotatable bonds is 21. The summed E-state index contributed by atoms with van der Waals surface area (Å²) in [6, 6.07) is 1.15.